The summed E-state index contributed by atoms with van der Waals surface area (Å²) in [4.78, 5) is 21.8. The van der Waals surface area contributed by atoms with E-state index in [9.17, 15) is 31.5 Å². The maximum Gasteiger partial charge on any atom is 0.463 e. The quantitative estimate of drug-likeness (QED) is 0.863. The van der Waals surface area contributed by atoms with Crippen molar-refractivity contribution < 1.29 is 36.6 Å². The van der Waals surface area contributed by atoms with Gasteiger partial charge in [0.15, 0.2) is 0 Å². The van der Waals surface area contributed by atoms with Crippen molar-refractivity contribution in [1.82, 2.24) is 0 Å². The lowest BCUT2D eigenvalue weighted by Gasteiger charge is -2.27. The Hall–Kier alpha value is -1.90. The van der Waals surface area contributed by atoms with Crippen molar-refractivity contribution in [3.63, 3.8) is 0 Å². The number of anilines is 1. The number of alkyl halides is 5. The number of hydrogen-bond acceptors (Lipinski definition) is 2. The normalized spacial score (nSPS) is 12.1. The van der Waals surface area contributed by atoms with Gasteiger partial charge in [0.1, 0.15) is 6.54 Å². The lowest BCUT2D eigenvalue weighted by Crippen LogP contribution is -2.53. The number of nitrogens with zero attached hydrogens (tertiary/aromatic N) is 1. The predicted molar refractivity (Wildman–Crippen MR) is 62.4 cm³/mol. The molecular formula is C11H7ClF5NO3. The third-order valence-electron chi connectivity index (χ3n) is 2.28. The molecule has 0 aliphatic carbocycles. The van der Waals surface area contributed by atoms with Gasteiger partial charge in [-0.15, -0.1) is 0 Å². The fourth-order valence-corrected chi connectivity index (χ4v) is 1.53. The van der Waals surface area contributed by atoms with Gasteiger partial charge in [-0.2, -0.15) is 22.0 Å². The van der Waals surface area contributed by atoms with E-state index in [2.05, 4.69) is 0 Å². The van der Waals surface area contributed by atoms with Gasteiger partial charge in [0.05, 0.1) is 0 Å². The fourth-order valence-electron chi connectivity index (χ4n) is 1.35. The van der Waals surface area contributed by atoms with Crippen LogP contribution in [-0.2, 0) is 9.59 Å². The van der Waals surface area contributed by atoms with E-state index in [-0.39, 0.29) is 9.92 Å². The number of hydrogen-bond donors (Lipinski definition) is 1. The van der Waals surface area contributed by atoms with Crippen molar-refractivity contribution in [3.05, 3.63) is 29.3 Å². The second-order valence-corrected chi connectivity index (χ2v) is 4.27. The van der Waals surface area contributed by atoms with Gasteiger partial charge < -0.3 is 5.11 Å². The van der Waals surface area contributed by atoms with E-state index in [0.29, 0.717) is 0 Å². The van der Waals surface area contributed by atoms with E-state index in [4.69, 9.17) is 16.7 Å². The number of rotatable bonds is 4. The molecule has 1 rings (SSSR count). The average molecular weight is 332 g/mol. The van der Waals surface area contributed by atoms with E-state index in [1.807, 2.05) is 0 Å². The lowest BCUT2D eigenvalue weighted by molar-refractivity contribution is -0.268. The molecule has 0 fully saturated rings. The summed E-state index contributed by atoms with van der Waals surface area (Å²) in [7, 11) is 0. The van der Waals surface area contributed by atoms with Crippen LogP contribution in [0, 0.1) is 0 Å². The van der Waals surface area contributed by atoms with Crippen LogP contribution in [0.25, 0.3) is 0 Å². The summed E-state index contributed by atoms with van der Waals surface area (Å²) < 4.78 is 62.8. The first-order valence-electron chi connectivity index (χ1n) is 5.20. The molecule has 0 heterocycles. The first-order chi connectivity index (χ1) is 9.46. The van der Waals surface area contributed by atoms with E-state index < -0.39 is 36.2 Å². The molecule has 1 aromatic carbocycles. The Labute approximate surface area is 119 Å². The van der Waals surface area contributed by atoms with Crippen LogP contribution in [0.15, 0.2) is 24.3 Å². The van der Waals surface area contributed by atoms with Crippen LogP contribution in [0.4, 0.5) is 27.6 Å². The molecule has 0 atom stereocenters. The largest absolute Gasteiger partial charge is 0.480 e. The number of halogens is 6. The predicted octanol–water partition coefficient (Wildman–Crippen LogP) is 2.96. The number of carboxylic acids is 1. The highest BCUT2D eigenvalue weighted by Crippen LogP contribution is 2.38. The fraction of sp³-hybridized carbons (Fsp3) is 0.273. The van der Waals surface area contributed by atoms with Gasteiger partial charge in [-0.1, -0.05) is 17.7 Å². The van der Waals surface area contributed by atoms with Crippen molar-refractivity contribution in [2.24, 2.45) is 0 Å². The molecule has 10 heteroatoms. The Balaban J connectivity index is 3.26. The van der Waals surface area contributed by atoms with Gasteiger partial charge in [-0.05, 0) is 18.2 Å². The number of amides is 1. The molecule has 1 N–H and O–H groups in total. The van der Waals surface area contributed by atoms with Crippen LogP contribution in [0.3, 0.4) is 0 Å². The molecule has 0 bridgehead atoms. The van der Waals surface area contributed by atoms with Crippen molar-refractivity contribution in [2.45, 2.75) is 12.1 Å². The highest BCUT2D eigenvalue weighted by Gasteiger charge is 2.65. The van der Waals surface area contributed by atoms with Crippen LogP contribution < -0.4 is 4.90 Å². The summed E-state index contributed by atoms with van der Waals surface area (Å²) in [6.07, 6.45) is -6.14. The molecule has 116 valence electrons. The molecule has 0 radical (unpaired) electrons. The maximum absolute atomic E-state index is 13.1. The van der Waals surface area contributed by atoms with Crippen molar-refractivity contribution in [3.8, 4) is 0 Å². The molecule has 0 unspecified atom stereocenters. The van der Waals surface area contributed by atoms with Crippen molar-refractivity contribution >= 4 is 29.2 Å². The van der Waals surface area contributed by atoms with Crippen molar-refractivity contribution in [2.75, 3.05) is 11.4 Å². The second kappa shape index (κ2) is 5.84. The molecule has 1 amide bonds. The average Bonchev–Trinajstić information content (AvgIpc) is 2.33. The molecule has 0 aromatic heterocycles. The monoisotopic (exact) mass is 331 g/mol. The van der Waals surface area contributed by atoms with Gasteiger partial charge in [-0.25, -0.2) is 0 Å². The summed E-state index contributed by atoms with van der Waals surface area (Å²) in [5, 5.41) is 8.52. The van der Waals surface area contributed by atoms with Gasteiger partial charge >= 0.3 is 24.0 Å². The van der Waals surface area contributed by atoms with E-state index in [1.165, 1.54) is 12.1 Å². The van der Waals surface area contributed by atoms with Crippen LogP contribution in [-0.4, -0.2) is 35.6 Å². The molecule has 4 nitrogen and oxygen atoms in total. The minimum absolute atomic E-state index is 0.0639. The summed E-state index contributed by atoms with van der Waals surface area (Å²) in [5.74, 6) is -10.2. The summed E-state index contributed by atoms with van der Waals surface area (Å²) in [6, 6.07) is 4.33. The molecule has 1 aromatic rings. The van der Waals surface area contributed by atoms with Crippen molar-refractivity contribution in [1.29, 1.82) is 0 Å². The van der Waals surface area contributed by atoms with Gasteiger partial charge in [0.2, 0.25) is 0 Å². The molecule has 21 heavy (non-hydrogen) atoms. The van der Waals surface area contributed by atoms with Crippen LogP contribution >= 0.6 is 11.6 Å². The molecule has 0 spiro atoms. The van der Waals surface area contributed by atoms with Crippen LogP contribution in [0.5, 0.6) is 0 Å². The Morgan fingerprint density at radius 1 is 1.19 bits per heavy atom. The van der Waals surface area contributed by atoms with E-state index in [0.717, 1.165) is 12.1 Å². The smallest absolute Gasteiger partial charge is 0.463 e. The number of carboxylic acid groups (broad SMARTS) is 1. The summed E-state index contributed by atoms with van der Waals surface area (Å²) in [5.41, 5.74) is -0.487. The summed E-state index contributed by atoms with van der Waals surface area (Å²) >= 11 is 5.54. The minimum atomic E-state index is -6.14. The third-order valence-corrected chi connectivity index (χ3v) is 2.52. The van der Waals surface area contributed by atoms with E-state index >= 15 is 0 Å². The Kier molecular flexibility index (Phi) is 4.77. The van der Waals surface area contributed by atoms with E-state index in [1.54, 1.807) is 0 Å². The first-order valence-corrected chi connectivity index (χ1v) is 5.58. The Morgan fingerprint density at radius 3 is 2.19 bits per heavy atom. The first kappa shape index (κ1) is 17.2. The molecule has 0 aliphatic heterocycles. The zero-order valence-electron chi connectivity index (χ0n) is 10.00. The zero-order chi connectivity index (χ0) is 16.4. The standard InChI is InChI=1S/C11H7ClF5NO3/c12-6-2-1-3-7(4-6)18(5-8(19)20)9(21)10(13,14)11(15,16)17/h1-4H,5H2,(H,19,20). The van der Waals surface area contributed by atoms with Crippen LogP contribution in [0.1, 0.15) is 0 Å². The number of carbonyl (C=O) groups is 2. The van der Waals surface area contributed by atoms with Gasteiger partial charge in [0.25, 0.3) is 0 Å². The lowest BCUT2D eigenvalue weighted by atomic mass is 10.2. The number of aliphatic carboxylic acids is 1. The van der Waals surface area contributed by atoms with Crippen LogP contribution in [0.2, 0.25) is 5.02 Å². The van der Waals surface area contributed by atoms with Gasteiger partial charge in [0, 0.05) is 10.7 Å². The number of benzene rings is 1. The molecular weight excluding hydrogens is 325 g/mol. The maximum atomic E-state index is 13.1. The Bertz CT molecular complexity index is 561. The molecule has 0 saturated heterocycles. The summed E-state index contributed by atoms with van der Waals surface area (Å²) in [6.45, 7) is -1.37. The minimum Gasteiger partial charge on any atom is -0.480 e. The topological polar surface area (TPSA) is 57.6 Å². The highest BCUT2D eigenvalue weighted by molar-refractivity contribution is 6.31. The highest BCUT2D eigenvalue weighted by atomic mass is 35.5. The SMILES string of the molecule is O=C(O)CN(C(=O)C(F)(F)C(F)(F)F)c1cccc(Cl)c1. The molecule has 0 aliphatic rings. The zero-order valence-corrected chi connectivity index (χ0v) is 10.8. The second-order valence-electron chi connectivity index (χ2n) is 3.84. The third kappa shape index (κ3) is 3.81. The Morgan fingerprint density at radius 2 is 1.76 bits per heavy atom. The molecule has 0 saturated carbocycles. The number of carbonyl (C=O) groups excluding carboxylic acids is 1. The van der Waals surface area contributed by atoms with Gasteiger partial charge in [-0.3, -0.25) is 14.5 Å².